The molecule has 0 aliphatic heterocycles. The Morgan fingerprint density at radius 2 is 0.786 bits per heavy atom. The van der Waals surface area contributed by atoms with Crippen molar-refractivity contribution < 1.29 is 49.4 Å². The maximum absolute atomic E-state index is 2.60. The molecule has 8 heteroatoms. The Morgan fingerprint density at radius 1 is 0.414 bits per heavy atom. The largest absolute Gasteiger partial charge is 0.147 e. The van der Waals surface area contributed by atoms with Crippen LogP contribution in [0.25, 0.3) is 54.2 Å². The van der Waals surface area contributed by atoms with Crippen LogP contribution in [-0.2, 0) is 62.3 Å². The molecule has 0 radical (unpaired) electrons. The molecule has 10 aromatic rings. The van der Waals surface area contributed by atoms with E-state index >= 15 is 0 Å². The molecule has 0 N–H and O–H groups in total. The van der Waals surface area contributed by atoms with Crippen LogP contribution < -0.4 is 16.9 Å². The van der Waals surface area contributed by atoms with Gasteiger partial charge in [0.2, 0.25) is 0 Å². The van der Waals surface area contributed by atoms with Crippen LogP contribution in [0, 0.1) is 0 Å². The Hall–Kier alpha value is -3.54. The number of thiophene rings is 2. The first-order valence-corrected chi connectivity index (χ1v) is 34.3. The van der Waals surface area contributed by atoms with Crippen LogP contribution in [0.15, 0.2) is 192 Å². The fourth-order valence-corrected chi connectivity index (χ4v) is 24.1. The van der Waals surface area contributed by atoms with Crippen molar-refractivity contribution in [2.75, 3.05) is 0 Å². The second-order valence-corrected chi connectivity index (χ2v) is 33.7. The molecule has 0 fully saturated rings. The molecule has 70 heavy (non-hydrogen) atoms. The summed E-state index contributed by atoms with van der Waals surface area (Å²) in [6, 6.07) is 64.3. The molecule has 0 saturated heterocycles. The summed E-state index contributed by atoms with van der Waals surface area (Å²) >= 11 is 6.73. The third-order valence-electron chi connectivity index (χ3n) is 15.5. The fourth-order valence-electron chi connectivity index (χ4n) is 12.4. The maximum Gasteiger partial charge on any atom is -0.147 e. The molecule has 0 saturated carbocycles. The van der Waals surface area contributed by atoms with Crippen molar-refractivity contribution in [1.82, 2.24) is 0 Å². The van der Waals surface area contributed by atoms with Gasteiger partial charge in [0.05, 0.1) is 0 Å². The third-order valence-corrected chi connectivity index (χ3v) is 27.9. The van der Waals surface area contributed by atoms with E-state index in [1.165, 1.54) is 120 Å². The quantitative estimate of drug-likeness (QED) is 0.105. The minimum atomic E-state index is -1.92. The number of benzene rings is 8. The Morgan fingerprint density at radius 3 is 1.19 bits per heavy atom. The van der Waals surface area contributed by atoms with Gasteiger partial charge >= 0.3 is 447 Å². The van der Waals surface area contributed by atoms with Gasteiger partial charge < -0.3 is 0 Å². The molecule has 0 nitrogen and oxygen atoms in total. The molecular formula is C62H56Cl2S2Si2Zr2. The van der Waals surface area contributed by atoms with Gasteiger partial charge in [0.25, 0.3) is 0 Å². The van der Waals surface area contributed by atoms with Crippen LogP contribution >= 0.6 is 47.5 Å². The topological polar surface area (TPSA) is 0 Å². The van der Waals surface area contributed by atoms with Crippen molar-refractivity contribution in [2.45, 2.75) is 64.0 Å². The van der Waals surface area contributed by atoms with E-state index in [2.05, 4.69) is 221 Å². The van der Waals surface area contributed by atoms with E-state index in [0.717, 1.165) is 12.8 Å². The normalized spacial score (nSPS) is 15.4. The summed E-state index contributed by atoms with van der Waals surface area (Å²) < 4.78 is 2.98. The number of hydrogen-bond acceptors (Lipinski definition) is 2. The van der Waals surface area contributed by atoms with Crippen molar-refractivity contribution >= 4 is 135 Å². The zero-order chi connectivity index (χ0) is 46.9. The van der Waals surface area contributed by atoms with E-state index in [0.29, 0.717) is 11.1 Å². The van der Waals surface area contributed by atoms with E-state index in [1.54, 1.807) is 43.8 Å². The smallest absolute Gasteiger partial charge is 0.147 e. The Kier molecular flexibility index (Phi) is 15.2. The van der Waals surface area contributed by atoms with E-state index in [4.69, 9.17) is 0 Å². The average molecular weight is 1170 g/mol. The first-order chi connectivity index (χ1) is 32.9. The van der Waals surface area contributed by atoms with Crippen LogP contribution in [0.3, 0.4) is 0 Å². The molecule has 0 amide bonds. The molecule has 2 heterocycles. The Labute approximate surface area is 466 Å². The van der Waals surface area contributed by atoms with Crippen LogP contribution in [0.4, 0.5) is 0 Å². The molecule has 12 rings (SSSR count). The van der Waals surface area contributed by atoms with Gasteiger partial charge in [-0.1, -0.05) is 0 Å². The van der Waals surface area contributed by atoms with Gasteiger partial charge in [-0.05, 0) is 0 Å². The van der Waals surface area contributed by atoms with Gasteiger partial charge in [0, 0.05) is 0 Å². The standard InChI is InChI=1S/2C31H27SSi.2ClH.2Zr/c2*1-21-28(20-25-13-9-17-32-25)26-14-6-7-15-27(26)31(21)33(2,3)30-16-8-12-24-18-22-10-4-5-11-23(22)19-29(24)30;;;;/h2*4-17,19,31H,20H2,1-3H3;2*1H;;. The number of allylic oxidation sites excluding steroid dienone is 4. The summed E-state index contributed by atoms with van der Waals surface area (Å²) in [5.74, 6) is 0. The van der Waals surface area contributed by atoms with E-state index in [-0.39, 0.29) is 24.8 Å². The monoisotopic (exact) mass is 1170 g/mol. The number of hydrogen-bond donors (Lipinski definition) is 0. The molecule has 2 aromatic heterocycles. The van der Waals surface area contributed by atoms with Crippen LogP contribution in [0.5, 0.6) is 0 Å². The van der Waals surface area contributed by atoms with E-state index in [9.17, 15) is 0 Å². The molecular weight excluding hydrogens is 1120 g/mol. The average Bonchev–Trinajstić information content (AvgIpc) is 4.17. The molecule has 8 aromatic carbocycles. The SMILES string of the molecule is CC1=C(Cc2cccs2)c2ccccc2C1[Si](C)(C)c1cccc2[c]([Zr])c3ccccc3cc12.CC1=C(Cc2cccs2)c2ccccc2C1[Si](C)(C)c1cccc2[c]([Zr])c3ccccc3cc12.Cl.Cl. The second-order valence-electron chi connectivity index (χ2n) is 20.1. The van der Waals surface area contributed by atoms with Gasteiger partial charge in [-0.15, -0.1) is 24.8 Å². The number of fused-ring (bicyclic) bond motifs is 6. The molecule has 2 unspecified atom stereocenters. The maximum atomic E-state index is 2.60. The summed E-state index contributed by atoms with van der Waals surface area (Å²) in [5.41, 5.74) is 13.3. The first kappa shape index (κ1) is 51.4. The van der Waals surface area contributed by atoms with Crippen molar-refractivity contribution in [2.24, 2.45) is 0 Å². The minimum Gasteiger partial charge on any atom is -0.147 e. The van der Waals surface area contributed by atoms with Gasteiger partial charge in [-0.25, -0.2) is 0 Å². The molecule has 2 aliphatic carbocycles. The van der Waals surface area contributed by atoms with Crippen molar-refractivity contribution in [3.05, 3.63) is 224 Å². The van der Waals surface area contributed by atoms with Crippen LogP contribution in [0.1, 0.15) is 56.9 Å². The predicted molar refractivity (Wildman–Crippen MR) is 311 cm³/mol. The summed E-state index contributed by atoms with van der Waals surface area (Å²) in [5, 5.41) is 19.0. The summed E-state index contributed by atoms with van der Waals surface area (Å²) in [6.45, 7) is 15.2. The molecule has 346 valence electrons. The molecule has 2 atom stereocenters. The van der Waals surface area contributed by atoms with Gasteiger partial charge in [-0.2, -0.15) is 0 Å². The van der Waals surface area contributed by atoms with Crippen molar-refractivity contribution in [1.29, 1.82) is 0 Å². The molecule has 0 spiro atoms. The van der Waals surface area contributed by atoms with Gasteiger partial charge in [-0.3, -0.25) is 0 Å². The van der Waals surface area contributed by atoms with Crippen molar-refractivity contribution in [3.63, 3.8) is 0 Å². The molecule has 2 aliphatic rings. The third kappa shape index (κ3) is 8.93. The fraction of sp³-hybridized carbons (Fsp3) is 0.161. The second kappa shape index (κ2) is 20.8. The van der Waals surface area contributed by atoms with Gasteiger partial charge in [0.15, 0.2) is 0 Å². The zero-order valence-electron chi connectivity index (χ0n) is 40.5. The van der Waals surface area contributed by atoms with Crippen molar-refractivity contribution in [3.8, 4) is 0 Å². The Balaban J connectivity index is 0.000000169. The number of rotatable bonds is 8. The summed E-state index contributed by atoms with van der Waals surface area (Å²) in [6.07, 6.45) is 2.09. The number of halogens is 2. The van der Waals surface area contributed by atoms with Crippen LogP contribution in [0.2, 0.25) is 26.2 Å². The molecule has 0 bridgehead atoms. The van der Waals surface area contributed by atoms with E-state index < -0.39 is 16.1 Å². The predicted octanol–water partition coefficient (Wildman–Crippen LogP) is 15.8. The van der Waals surface area contributed by atoms with Crippen LogP contribution in [-0.4, -0.2) is 16.1 Å². The van der Waals surface area contributed by atoms with Gasteiger partial charge in [0.1, 0.15) is 0 Å². The summed E-state index contributed by atoms with van der Waals surface area (Å²) in [4.78, 5) is 2.92. The first-order valence-electron chi connectivity index (χ1n) is 23.9. The zero-order valence-corrected chi connectivity index (χ0v) is 50.7. The summed E-state index contributed by atoms with van der Waals surface area (Å²) in [7, 11) is -3.85. The minimum absolute atomic E-state index is 0. The van der Waals surface area contributed by atoms with E-state index in [1.807, 2.05) is 22.7 Å². The Bertz CT molecular complexity index is 3410.